The van der Waals surface area contributed by atoms with E-state index in [0.29, 0.717) is 16.0 Å². The molecule has 0 aliphatic carbocycles. The fourth-order valence-electron chi connectivity index (χ4n) is 1.85. The average Bonchev–Trinajstić information content (AvgIpc) is 3.06. The predicted octanol–water partition coefficient (Wildman–Crippen LogP) is 3.55. The van der Waals surface area contributed by atoms with Crippen LogP contribution in [0.25, 0.3) is 6.08 Å². The molecule has 1 aromatic carbocycles. The Morgan fingerprint density at radius 1 is 1.24 bits per heavy atom. The first-order chi connectivity index (χ1) is 12.0. The Morgan fingerprint density at radius 3 is 2.52 bits per heavy atom. The molecule has 25 heavy (non-hydrogen) atoms. The lowest BCUT2D eigenvalue weighted by molar-refractivity contribution is -0.138. The fourth-order valence-corrected chi connectivity index (χ4v) is 2.15. The Bertz CT molecular complexity index is 792. The number of halogens is 1. The zero-order valence-corrected chi connectivity index (χ0v) is 15.0. The molecule has 0 aliphatic rings. The monoisotopic (exact) mass is 405 g/mol. The smallest absolute Gasteiger partial charge is 0.355 e. The van der Waals surface area contributed by atoms with Crippen molar-refractivity contribution in [3.63, 3.8) is 0 Å². The molecule has 0 unspecified atom stereocenters. The lowest BCUT2D eigenvalue weighted by atomic mass is 10.2. The van der Waals surface area contributed by atoms with Crippen molar-refractivity contribution in [2.75, 3.05) is 13.7 Å². The number of nitrogens with one attached hydrogen (secondary N) is 1. The van der Waals surface area contributed by atoms with Gasteiger partial charge in [-0.2, -0.15) is 0 Å². The van der Waals surface area contributed by atoms with Gasteiger partial charge >= 0.3 is 5.97 Å². The van der Waals surface area contributed by atoms with E-state index in [0.717, 1.165) is 0 Å². The lowest BCUT2D eigenvalue weighted by Gasteiger charge is -2.09. The molecule has 1 amide bonds. The second-order valence-electron chi connectivity index (χ2n) is 4.78. The van der Waals surface area contributed by atoms with Crippen LogP contribution in [-0.4, -0.2) is 25.6 Å². The Kier molecular flexibility index (Phi) is 6.59. The van der Waals surface area contributed by atoms with E-state index >= 15 is 0 Å². The normalized spacial score (nSPS) is 10.9. The molecule has 1 heterocycles. The van der Waals surface area contributed by atoms with Gasteiger partial charge in [0.2, 0.25) is 0 Å². The third kappa shape index (κ3) is 5.36. The van der Waals surface area contributed by atoms with E-state index in [9.17, 15) is 9.59 Å². The first-order valence-corrected chi connectivity index (χ1v) is 8.03. The van der Waals surface area contributed by atoms with Crippen LogP contribution < -0.4 is 10.1 Å². The SMILES string of the molecule is C=CCOC(=O)/C(=C/c1ccc(OC)cc1)NC(=O)c1ccc(Br)o1. The summed E-state index contributed by atoms with van der Waals surface area (Å²) in [6.45, 7) is 3.52. The number of ether oxygens (including phenoxy) is 2. The fraction of sp³-hybridized carbons (Fsp3) is 0.111. The number of carbonyl (C=O) groups is 2. The molecule has 1 aromatic heterocycles. The Hall–Kier alpha value is -2.80. The zero-order chi connectivity index (χ0) is 18.2. The van der Waals surface area contributed by atoms with E-state index in [1.54, 1.807) is 37.4 Å². The van der Waals surface area contributed by atoms with Crippen molar-refractivity contribution in [3.8, 4) is 5.75 Å². The Labute approximate surface area is 153 Å². The van der Waals surface area contributed by atoms with Gasteiger partial charge in [0, 0.05) is 0 Å². The molecular formula is C18H16BrNO5. The van der Waals surface area contributed by atoms with E-state index < -0.39 is 11.9 Å². The van der Waals surface area contributed by atoms with E-state index in [1.807, 2.05) is 0 Å². The van der Waals surface area contributed by atoms with Crippen molar-refractivity contribution >= 4 is 33.9 Å². The molecule has 2 rings (SSSR count). The molecular weight excluding hydrogens is 390 g/mol. The summed E-state index contributed by atoms with van der Waals surface area (Å²) >= 11 is 3.12. The van der Waals surface area contributed by atoms with Crippen LogP contribution >= 0.6 is 15.9 Å². The van der Waals surface area contributed by atoms with Crippen molar-refractivity contribution in [2.24, 2.45) is 0 Å². The van der Waals surface area contributed by atoms with Crippen molar-refractivity contribution in [3.05, 3.63) is 70.7 Å². The van der Waals surface area contributed by atoms with Crippen molar-refractivity contribution in [2.45, 2.75) is 0 Å². The van der Waals surface area contributed by atoms with Gasteiger partial charge in [-0.3, -0.25) is 4.79 Å². The number of methoxy groups -OCH3 is 1. The largest absolute Gasteiger partial charge is 0.497 e. The topological polar surface area (TPSA) is 77.8 Å². The Morgan fingerprint density at radius 2 is 1.96 bits per heavy atom. The van der Waals surface area contributed by atoms with E-state index in [4.69, 9.17) is 13.9 Å². The molecule has 0 fully saturated rings. The summed E-state index contributed by atoms with van der Waals surface area (Å²) in [6, 6.07) is 10.0. The molecule has 0 bridgehead atoms. The Balaban J connectivity index is 2.24. The highest BCUT2D eigenvalue weighted by Gasteiger charge is 2.18. The molecule has 0 atom stereocenters. The highest BCUT2D eigenvalue weighted by molar-refractivity contribution is 9.10. The molecule has 0 saturated carbocycles. The first-order valence-electron chi connectivity index (χ1n) is 7.24. The average molecular weight is 406 g/mol. The minimum absolute atomic E-state index is 0.0236. The maximum absolute atomic E-state index is 12.2. The highest BCUT2D eigenvalue weighted by Crippen LogP contribution is 2.16. The summed E-state index contributed by atoms with van der Waals surface area (Å²) < 4.78 is 15.7. The van der Waals surface area contributed by atoms with E-state index in [2.05, 4.69) is 27.8 Å². The molecule has 6 nitrogen and oxygen atoms in total. The number of amides is 1. The molecule has 1 N–H and O–H groups in total. The van der Waals surface area contributed by atoms with Crippen molar-refractivity contribution in [1.82, 2.24) is 5.32 Å². The van der Waals surface area contributed by atoms with Crippen molar-refractivity contribution in [1.29, 1.82) is 0 Å². The van der Waals surface area contributed by atoms with Crippen molar-refractivity contribution < 1.29 is 23.5 Å². The summed E-state index contributed by atoms with van der Waals surface area (Å²) in [4.78, 5) is 24.4. The number of hydrogen-bond acceptors (Lipinski definition) is 5. The quantitative estimate of drug-likeness (QED) is 0.432. The van der Waals surface area contributed by atoms with Gasteiger partial charge in [-0.05, 0) is 51.8 Å². The maximum atomic E-state index is 12.2. The summed E-state index contributed by atoms with van der Waals surface area (Å²) in [5.41, 5.74) is 0.664. The number of furan rings is 1. The van der Waals surface area contributed by atoms with Crippen LogP contribution in [0.2, 0.25) is 0 Å². The molecule has 7 heteroatoms. The minimum atomic E-state index is -0.685. The van der Waals surface area contributed by atoms with Crippen LogP contribution in [0.5, 0.6) is 5.75 Å². The summed E-state index contributed by atoms with van der Waals surface area (Å²) in [6.07, 6.45) is 2.94. The number of hydrogen-bond donors (Lipinski definition) is 1. The minimum Gasteiger partial charge on any atom is -0.497 e. The predicted molar refractivity (Wildman–Crippen MR) is 96.0 cm³/mol. The third-order valence-corrected chi connectivity index (χ3v) is 3.45. The third-order valence-electron chi connectivity index (χ3n) is 3.02. The van der Waals surface area contributed by atoms with Crippen LogP contribution in [-0.2, 0) is 9.53 Å². The maximum Gasteiger partial charge on any atom is 0.355 e. The van der Waals surface area contributed by atoms with Crippen LogP contribution in [0.4, 0.5) is 0 Å². The van der Waals surface area contributed by atoms with Crippen LogP contribution in [0.3, 0.4) is 0 Å². The standard InChI is InChI=1S/C18H16BrNO5/c1-3-10-24-18(22)14(11-12-4-6-13(23-2)7-5-12)20-17(21)15-8-9-16(19)25-15/h3-9,11H,1,10H2,2H3,(H,20,21)/b14-11-. The lowest BCUT2D eigenvalue weighted by Crippen LogP contribution is -2.28. The van der Waals surface area contributed by atoms with Gasteiger partial charge in [-0.1, -0.05) is 24.8 Å². The van der Waals surface area contributed by atoms with E-state index in [-0.39, 0.29) is 18.1 Å². The summed E-state index contributed by atoms with van der Waals surface area (Å²) in [5, 5.41) is 2.50. The van der Waals surface area contributed by atoms with Gasteiger partial charge in [-0.15, -0.1) is 0 Å². The first kappa shape index (κ1) is 18.5. The number of carbonyl (C=O) groups excluding carboxylic acids is 2. The van der Waals surface area contributed by atoms with Gasteiger partial charge < -0.3 is 19.2 Å². The van der Waals surface area contributed by atoms with E-state index in [1.165, 1.54) is 18.2 Å². The highest BCUT2D eigenvalue weighted by atomic mass is 79.9. The van der Waals surface area contributed by atoms with Gasteiger partial charge in [0.1, 0.15) is 18.1 Å². The molecule has 130 valence electrons. The summed E-state index contributed by atoms with van der Waals surface area (Å²) in [5.74, 6) is -0.517. The van der Waals surface area contributed by atoms with Crippen LogP contribution in [0.15, 0.2) is 63.8 Å². The second kappa shape index (κ2) is 8.89. The van der Waals surface area contributed by atoms with Gasteiger partial charge in [0.05, 0.1) is 7.11 Å². The van der Waals surface area contributed by atoms with Gasteiger partial charge in [0.25, 0.3) is 5.91 Å². The van der Waals surface area contributed by atoms with Crippen LogP contribution in [0.1, 0.15) is 16.1 Å². The van der Waals surface area contributed by atoms with Gasteiger partial charge in [-0.25, -0.2) is 4.79 Å². The molecule has 2 aromatic rings. The number of rotatable bonds is 7. The zero-order valence-electron chi connectivity index (χ0n) is 13.5. The van der Waals surface area contributed by atoms with Crippen LogP contribution in [0, 0.1) is 0 Å². The molecule has 0 spiro atoms. The molecule has 0 aliphatic heterocycles. The molecule has 0 radical (unpaired) electrons. The number of esters is 1. The van der Waals surface area contributed by atoms with Gasteiger partial charge in [0.15, 0.2) is 10.4 Å². The number of benzene rings is 1. The second-order valence-corrected chi connectivity index (χ2v) is 5.56. The summed E-state index contributed by atoms with van der Waals surface area (Å²) in [7, 11) is 1.56. The molecule has 0 saturated heterocycles.